The minimum atomic E-state index is -0.443. The quantitative estimate of drug-likeness (QED) is 0.615. The summed E-state index contributed by atoms with van der Waals surface area (Å²) in [6.07, 6.45) is 2.17. The van der Waals surface area contributed by atoms with Crippen LogP contribution in [0, 0.1) is 10.1 Å². The fourth-order valence-corrected chi connectivity index (χ4v) is 3.94. The summed E-state index contributed by atoms with van der Waals surface area (Å²) in [5.41, 5.74) is 0.689. The van der Waals surface area contributed by atoms with E-state index in [0.29, 0.717) is 18.3 Å². The monoisotopic (exact) mass is 345 g/mol. The van der Waals surface area contributed by atoms with Gasteiger partial charge in [0.15, 0.2) is 0 Å². The molecule has 2 aromatic rings. The van der Waals surface area contributed by atoms with E-state index < -0.39 is 4.92 Å². The number of carbonyl (C=O) groups is 1. The van der Waals surface area contributed by atoms with Gasteiger partial charge in [0.1, 0.15) is 0 Å². The van der Waals surface area contributed by atoms with Crippen molar-refractivity contribution in [1.29, 1.82) is 0 Å². The highest BCUT2D eigenvalue weighted by Gasteiger charge is 2.29. The van der Waals surface area contributed by atoms with Crippen LogP contribution in [0.4, 0.5) is 11.4 Å². The first-order valence-electron chi connectivity index (χ1n) is 7.84. The molecule has 0 unspecified atom stereocenters. The molecule has 6 nitrogen and oxygen atoms in total. The van der Waals surface area contributed by atoms with E-state index >= 15 is 0 Å². The van der Waals surface area contributed by atoms with Gasteiger partial charge in [-0.3, -0.25) is 19.8 Å². The molecule has 0 N–H and O–H groups in total. The maximum atomic E-state index is 12.6. The molecule has 0 aliphatic carbocycles. The van der Waals surface area contributed by atoms with Crippen LogP contribution >= 0.6 is 11.3 Å². The first-order chi connectivity index (χ1) is 11.6. The van der Waals surface area contributed by atoms with E-state index in [-0.39, 0.29) is 11.6 Å². The van der Waals surface area contributed by atoms with Crippen LogP contribution in [0.5, 0.6) is 0 Å². The van der Waals surface area contributed by atoms with Crippen LogP contribution in [0.25, 0.3) is 0 Å². The molecule has 1 aliphatic rings. The number of hydrogen-bond acceptors (Lipinski definition) is 5. The maximum Gasteiger partial charge on any atom is 0.269 e. The van der Waals surface area contributed by atoms with E-state index in [1.54, 1.807) is 35.4 Å². The summed E-state index contributed by atoms with van der Waals surface area (Å²) in [7, 11) is 1.71. The summed E-state index contributed by atoms with van der Waals surface area (Å²) in [5.74, 6) is -0.00712. The van der Waals surface area contributed by atoms with Crippen molar-refractivity contribution in [2.75, 3.05) is 25.0 Å². The predicted molar refractivity (Wildman–Crippen MR) is 94.4 cm³/mol. The number of nitrogens with zero attached hydrogens (tertiary/aromatic N) is 3. The van der Waals surface area contributed by atoms with Crippen LogP contribution < -0.4 is 4.90 Å². The Kier molecular flexibility index (Phi) is 4.92. The van der Waals surface area contributed by atoms with Gasteiger partial charge < -0.3 is 4.90 Å². The third-order valence-corrected chi connectivity index (χ3v) is 5.37. The summed E-state index contributed by atoms with van der Waals surface area (Å²) in [4.78, 5) is 27.9. The van der Waals surface area contributed by atoms with Crippen LogP contribution in [0.2, 0.25) is 0 Å². The molecule has 24 heavy (non-hydrogen) atoms. The lowest BCUT2D eigenvalue weighted by Crippen LogP contribution is -2.38. The molecule has 2 heterocycles. The van der Waals surface area contributed by atoms with E-state index in [0.717, 1.165) is 19.4 Å². The standard InChI is InChI=1S/C17H19N3O3S/c1-18(13-6-8-14(9-7-13)20(22)23)17(21)12-19-10-2-4-15(19)16-5-3-11-24-16/h3,5-9,11,15H,2,4,10,12H2,1H3/t15-/m1/s1. The fraction of sp³-hybridized carbons (Fsp3) is 0.353. The van der Waals surface area contributed by atoms with Gasteiger partial charge in [0.25, 0.3) is 5.69 Å². The zero-order valence-electron chi connectivity index (χ0n) is 13.4. The third-order valence-electron chi connectivity index (χ3n) is 4.40. The Bertz CT molecular complexity index is 715. The van der Waals surface area contributed by atoms with Crippen molar-refractivity contribution in [3.63, 3.8) is 0 Å². The Morgan fingerprint density at radius 1 is 1.38 bits per heavy atom. The number of nitro benzene ring substituents is 1. The van der Waals surface area contributed by atoms with E-state index in [9.17, 15) is 14.9 Å². The van der Waals surface area contributed by atoms with Crippen LogP contribution in [0.3, 0.4) is 0 Å². The molecule has 7 heteroatoms. The number of benzene rings is 1. The fourth-order valence-electron chi connectivity index (χ4n) is 3.04. The molecule has 1 aromatic carbocycles. The Morgan fingerprint density at radius 2 is 2.12 bits per heavy atom. The van der Waals surface area contributed by atoms with Crippen LogP contribution in [-0.4, -0.2) is 35.9 Å². The molecule has 0 spiro atoms. The average molecular weight is 345 g/mol. The molecule has 1 aliphatic heterocycles. The SMILES string of the molecule is CN(C(=O)CN1CCC[C@@H]1c1cccs1)c1ccc([N+](=O)[O-])cc1. The van der Waals surface area contributed by atoms with Crippen LogP contribution in [0.15, 0.2) is 41.8 Å². The van der Waals surface area contributed by atoms with Crippen LogP contribution in [-0.2, 0) is 4.79 Å². The average Bonchev–Trinajstić information content (AvgIpc) is 3.25. The molecule has 0 radical (unpaired) electrons. The molecule has 0 saturated carbocycles. The number of non-ortho nitro benzene ring substituents is 1. The number of hydrogen-bond donors (Lipinski definition) is 0. The minimum absolute atomic E-state index is 0.00712. The Morgan fingerprint density at radius 3 is 2.75 bits per heavy atom. The molecule has 0 bridgehead atoms. The number of anilines is 1. The van der Waals surface area contributed by atoms with Gasteiger partial charge in [-0.15, -0.1) is 11.3 Å². The summed E-state index contributed by atoms with van der Waals surface area (Å²) in [6.45, 7) is 1.28. The molecule has 1 saturated heterocycles. The van der Waals surface area contributed by atoms with Gasteiger partial charge in [0.05, 0.1) is 11.5 Å². The molecule has 1 aromatic heterocycles. The van der Waals surface area contributed by atoms with E-state index in [1.807, 2.05) is 6.07 Å². The number of thiophene rings is 1. The molecule has 1 fully saturated rings. The van der Waals surface area contributed by atoms with Crippen LogP contribution in [0.1, 0.15) is 23.8 Å². The number of amides is 1. The van der Waals surface area contributed by atoms with Crippen molar-refractivity contribution in [1.82, 2.24) is 4.90 Å². The number of nitro groups is 1. The number of likely N-dealkylation sites (N-methyl/N-ethyl adjacent to an activating group) is 1. The Hall–Kier alpha value is -2.25. The normalized spacial score (nSPS) is 17.8. The maximum absolute atomic E-state index is 12.6. The lowest BCUT2D eigenvalue weighted by molar-refractivity contribution is -0.384. The minimum Gasteiger partial charge on any atom is -0.314 e. The van der Waals surface area contributed by atoms with Crippen molar-refractivity contribution in [3.8, 4) is 0 Å². The van der Waals surface area contributed by atoms with Crippen molar-refractivity contribution >= 4 is 28.6 Å². The lowest BCUT2D eigenvalue weighted by Gasteiger charge is -2.26. The smallest absolute Gasteiger partial charge is 0.269 e. The van der Waals surface area contributed by atoms with Crippen molar-refractivity contribution in [3.05, 3.63) is 56.8 Å². The summed E-state index contributed by atoms with van der Waals surface area (Å²) >= 11 is 1.73. The van der Waals surface area contributed by atoms with Gasteiger partial charge in [-0.1, -0.05) is 6.07 Å². The summed E-state index contributed by atoms with van der Waals surface area (Å²) in [6, 6.07) is 10.5. The first kappa shape index (κ1) is 16.6. The molecule has 1 atom stereocenters. The van der Waals surface area contributed by atoms with Gasteiger partial charge in [0.2, 0.25) is 5.91 Å². The highest BCUT2D eigenvalue weighted by atomic mass is 32.1. The van der Waals surface area contributed by atoms with E-state index in [1.165, 1.54) is 17.0 Å². The second-order valence-electron chi connectivity index (χ2n) is 5.87. The topological polar surface area (TPSA) is 66.7 Å². The highest BCUT2D eigenvalue weighted by molar-refractivity contribution is 7.10. The van der Waals surface area contributed by atoms with E-state index in [4.69, 9.17) is 0 Å². The lowest BCUT2D eigenvalue weighted by atomic mass is 10.2. The predicted octanol–water partition coefficient (Wildman–Crippen LogP) is 3.46. The highest BCUT2D eigenvalue weighted by Crippen LogP contribution is 2.34. The zero-order chi connectivity index (χ0) is 17.1. The molecular formula is C17H19N3O3S. The van der Waals surface area contributed by atoms with Gasteiger partial charge in [-0.05, 0) is 43.0 Å². The van der Waals surface area contributed by atoms with Crippen molar-refractivity contribution < 1.29 is 9.72 Å². The summed E-state index contributed by atoms with van der Waals surface area (Å²) in [5, 5.41) is 12.8. The Balaban J connectivity index is 1.66. The van der Waals surface area contributed by atoms with Gasteiger partial charge in [0, 0.05) is 35.8 Å². The Labute approximate surface area is 144 Å². The van der Waals surface area contributed by atoms with Gasteiger partial charge >= 0.3 is 0 Å². The van der Waals surface area contributed by atoms with Crippen molar-refractivity contribution in [2.24, 2.45) is 0 Å². The number of rotatable bonds is 5. The second kappa shape index (κ2) is 7.11. The largest absolute Gasteiger partial charge is 0.314 e. The summed E-state index contributed by atoms with van der Waals surface area (Å²) < 4.78 is 0. The van der Waals surface area contributed by atoms with Gasteiger partial charge in [-0.2, -0.15) is 0 Å². The second-order valence-corrected chi connectivity index (χ2v) is 6.85. The van der Waals surface area contributed by atoms with Crippen molar-refractivity contribution in [2.45, 2.75) is 18.9 Å². The van der Waals surface area contributed by atoms with Gasteiger partial charge in [-0.25, -0.2) is 0 Å². The molecular weight excluding hydrogens is 326 g/mol. The number of carbonyl (C=O) groups excluding carboxylic acids is 1. The number of likely N-dealkylation sites (tertiary alicyclic amines) is 1. The first-order valence-corrected chi connectivity index (χ1v) is 8.72. The molecule has 126 valence electrons. The third kappa shape index (κ3) is 3.47. The molecule has 3 rings (SSSR count). The zero-order valence-corrected chi connectivity index (χ0v) is 14.2. The molecule has 1 amide bonds. The van der Waals surface area contributed by atoms with E-state index in [2.05, 4.69) is 16.3 Å².